The number of aliphatic carboxylic acids is 1. The quantitative estimate of drug-likeness (QED) is 0.368. The second kappa shape index (κ2) is 8.15. The average molecular weight is 376 g/mol. The van der Waals surface area contributed by atoms with Crippen molar-refractivity contribution in [2.75, 3.05) is 5.75 Å². The molecule has 5 atom stereocenters. The lowest BCUT2D eigenvalue weighted by atomic mass is 9.81. The van der Waals surface area contributed by atoms with E-state index in [0.29, 0.717) is 11.8 Å². The van der Waals surface area contributed by atoms with Gasteiger partial charge in [-0.1, -0.05) is 32.5 Å². The van der Waals surface area contributed by atoms with Crippen molar-refractivity contribution in [3.63, 3.8) is 0 Å². The molecule has 0 radical (unpaired) electrons. The number of hydrogen-bond acceptors (Lipinski definition) is 7. The second-order valence-electron chi connectivity index (χ2n) is 6.47. The van der Waals surface area contributed by atoms with E-state index in [1.165, 1.54) is 6.92 Å². The van der Waals surface area contributed by atoms with Crippen molar-refractivity contribution in [2.45, 2.75) is 51.5 Å². The highest BCUT2D eigenvalue weighted by Crippen LogP contribution is 2.36. The monoisotopic (exact) mass is 376 g/mol. The fourth-order valence-corrected chi connectivity index (χ4v) is 3.77. The second-order valence-corrected chi connectivity index (χ2v) is 7.46. The van der Waals surface area contributed by atoms with Crippen LogP contribution in [-0.4, -0.2) is 67.8 Å². The maximum Gasteiger partial charge on any atom is 0.327 e. The summed E-state index contributed by atoms with van der Waals surface area (Å²) in [7, 11) is 0. The molecular formula is C15H24N2O7S. The molecule has 0 aromatic carbocycles. The van der Waals surface area contributed by atoms with E-state index in [-0.39, 0.29) is 5.75 Å². The average Bonchev–Trinajstić information content (AvgIpc) is 2.74. The van der Waals surface area contributed by atoms with Crippen molar-refractivity contribution in [1.29, 1.82) is 0 Å². The van der Waals surface area contributed by atoms with Gasteiger partial charge in [0.15, 0.2) is 5.54 Å². The summed E-state index contributed by atoms with van der Waals surface area (Å²) < 4.78 is 0. The minimum atomic E-state index is -1.92. The van der Waals surface area contributed by atoms with E-state index < -0.39 is 58.5 Å². The molecule has 0 aliphatic carbocycles. The Labute approximate surface area is 149 Å². The number of aliphatic hydroxyl groups is 2. The summed E-state index contributed by atoms with van der Waals surface area (Å²) in [6, 6.07) is -1.31. The SMILES string of the molecule is CC(=O)NC(CSC(=O)[C@]1([C@@H](O)C(C)C)NC(=O)[C@H](C)[C@@H]1O)C(=O)O. The van der Waals surface area contributed by atoms with Gasteiger partial charge in [0, 0.05) is 12.7 Å². The molecule has 0 bridgehead atoms. The zero-order valence-electron chi connectivity index (χ0n) is 14.5. The molecule has 1 rings (SSSR count). The van der Waals surface area contributed by atoms with Gasteiger partial charge in [0.05, 0.1) is 18.1 Å². The molecule has 1 fully saturated rings. The van der Waals surface area contributed by atoms with Gasteiger partial charge in [0.1, 0.15) is 6.04 Å². The van der Waals surface area contributed by atoms with E-state index in [1.807, 2.05) is 0 Å². The van der Waals surface area contributed by atoms with E-state index in [0.717, 1.165) is 6.92 Å². The van der Waals surface area contributed by atoms with E-state index >= 15 is 0 Å². The molecule has 0 aromatic heterocycles. The number of carboxylic acids is 1. The Morgan fingerprint density at radius 2 is 1.92 bits per heavy atom. The van der Waals surface area contributed by atoms with E-state index in [4.69, 9.17) is 5.11 Å². The van der Waals surface area contributed by atoms with Gasteiger partial charge in [-0.2, -0.15) is 0 Å². The van der Waals surface area contributed by atoms with Crippen molar-refractivity contribution in [3.8, 4) is 0 Å². The topological polar surface area (TPSA) is 153 Å². The lowest BCUT2D eigenvalue weighted by Crippen LogP contribution is -2.64. The number of carbonyl (C=O) groups excluding carboxylic acids is 3. The van der Waals surface area contributed by atoms with Gasteiger partial charge in [-0.15, -0.1) is 0 Å². The Morgan fingerprint density at radius 1 is 1.36 bits per heavy atom. The van der Waals surface area contributed by atoms with E-state index in [2.05, 4.69) is 10.6 Å². The van der Waals surface area contributed by atoms with Crippen LogP contribution in [0, 0.1) is 11.8 Å². The minimum Gasteiger partial charge on any atom is -0.480 e. The van der Waals surface area contributed by atoms with Gasteiger partial charge in [-0.05, 0) is 5.92 Å². The summed E-state index contributed by atoms with van der Waals surface area (Å²) in [4.78, 5) is 46.9. The predicted molar refractivity (Wildman–Crippen MR) is 89.6 cm³/mol. The normalized spacial score (nSPS) is 28.4. The molecule has 1 aliphatic rings. The van der Waals surface area contributed by atoms with Gasteiger partial charge in [0.25, 0.3) is 0 Å². The largest absolute Gasteiger partial charge is 0.480 e. The van der Waals surface area contributed by atoms with Crippen LogP contribution in [0.2, 0.25) is 0 Å². The van der Waals surface area contributed by atoms with Gasteiger partial charge < -0.3 is 26.0 Å². The van der Waals surface area contributed by atoms with E-state index in [1.54, 1.807) is 13.8 Å². The molecule has 25 heavy (non-hydrogen) atoms. The summed E-state index contributed by atoms with van der Waals surface area (Å²) in [5, 5.41) is 33.8. The molecule has 142 valence electrons. The van der Waals surface area contributed by atoms with Crippen LogP contribution in [0.1, 0.15) is 27.7 Å². The van der Waals surface area contributed by atoms with Crippen LogP contribution in [-0.2, 0) is 19.2 Å². The number of rotatable bonds is 7. The molecular weight excluding hydrogens is 352 g/mol. The lowest BCUT2D eigenvalue weighted by Gasteiger charge is -2.37. The number of amides is 2. The van der Waals surface area contributed by atoms with Crippen LogP contribution in [0.5, 0.6) is 0 Å². The highest BCUT2D eigenvalue weighted by molar-refractivity contribution is 8.13. The molecule has 9 nitrogen and oxygen atoms in total. The smallest absolute Gasteiger partial charge is 0.327 e. The molecule has 1 heterocycles. The Balaban J connectivity index is 3.04. The number of carboxylic acid groups (broad SMARTS) is 1. The van der Waals surface area contributed by atoms with Gasteiger partial charge in [-0.3, -0.25) is 14.4 Å². The fourth-order valence-electron chi connectivity index (χ4n) is 2.70. The van der Waals surface area contributed by atoms with Gasteiger partial charge in [-0.25, -0.2) is 4.79 Å². The summed E-state index contributed by atoms with van der Waals surface area (Å²) in [5.74, 6) is -4.12. The first-order valence-corrected chi connectivity index (χ1v) is 8.79. The highest BCUT2D eigenvalue weighted by atomic mass is 32.2. The third kappa shape index (κ3) is 4.31. The molecule has 10 heteroatoms. The Morgan fingerprint density at radius 3 is 2.28 bits per heavy atom. The fraction of sp³-hybridized carbons (Fsp3) is 0.733. The molecule has 1 aliphatic heterocycles. The maximum absolute atomic E-state index is 12.8. The van der Waals surface area contributed by atoms with Crippen LogP contribution < -0.4 is 10.6 Å². The van der Waals surface area contributed by atoms with Crippen LogP contribution in [0.4, 0.5) is 0 Å². The molecule has 0 spiro atoms. The molecule has 1 unspecified atom stereocenters. The zero-order valence-corrected chi connectivity index (χ0v) is 15.3. The number of thioether (sulfide) groups is 1. The molecule has 0 aromatic rings. The molecule has 2 amide bonds. The number of hydrogen-bond donors (Lipinski definition) is 5. The van der Waals surface area contributed by atoms with Crippen molar-refractivity contribution in [1.82, 2.24) is 10.6 Å². The van der Waals surface area contributed by atoms with Crippen LogP contribution in [0.25, 0.3) is 0 Å². The number of nitrogens with one attached hydrogen (secondary N) is 2. The number of aliphatic hydroxyl groups excluding tert-OH is 2. The minimum absolute atomic E-state index is 0.308. The first-order valence-electron chi connectivity index (χ1n) is 7.80. The zero-order chi connectivity index (χ0) is 19.5. The van der Waals surface area contributed by atoms with E-state index in [9.17, 15) is 29.4 Å². The van der Waals surface area contributed by atoms with Gasteiger partial charge >= 0.3 is 5.97 Å². The summed E-state index contributed by atoms with van der Waals surface area (Å²) in [6.45, 7) is 5.84. The third-order valence-electron chi connectivity index (χ3n) is 4.18. The Kier molecular flexibility index (Phi) is 6.98. The molecule has 5 N–H and O–H groups in total. The van der Waals surface area contributed by atoms with Crippen LogP contribution in [0.3, 0.4) is 0 Å². The van der Waals surface area contributed by atoms with Crippen LogP contribution in [0.15, 0.2) is 0 Å². The van der Waals surface area contributed by atoms with Gasteiger partial charge in [0.2, 0.25) is 16.9 Å². The highest BCUT2D eigenvalue weighted by Gasteiger charge is 2.60. The van der Waals surface area contributed by atoms with Crippen molar-refractivity contribution < 1.29 is 34.5 Å². The first-order chi connectivity index (χ1) is 11.4. The van der Waals surface area contributed by atoms with Crippen LogP contribution >= 0.6 is 11.8 Å². The Hall–Kier alpha value is -1.65. The van der Waals surface area contributed by atoms with Crippen molar-refractivity contribution >= 4 is 34.7 Å². The van der Waals surface area contributed by atoms with Crippen molar-refractivity contribution in [2.24, 2.45) is 11.8 Å². The van der Waals surface area contributed by atoms with Crippen molar-refractivity contribution in [3.05, 3.63) is 0 Å². The molecule has 0 saturated carbocycles. The Bertz CT molecular complexity index is 568. The predicted octanol–water partition coefficient (Wildman–Crippen LogP) is -1.28. The lowest BCUT2D eigenvalue weighted by molar-refractivity contribution is -0.140. The summed E-state index contributed by atoms with van der Waals surface area (Å²) in [6.07, 6.45) is -2.82. The standard InChI is InChI=1S/C15H24N2O7S/c1-6(2)10(19)15(11(20)7(3)12(21)17-15)14(24)25-5-9(13(22)23)16-8(4)18/h6-7,9-11,19-20H,5H2,1-4H3,(H,16,18)(H,17,21)(H,22,23)/t7-,9?,10+,11+,15-/m1/s1. The number of carbonyl (C=O) groups is 4. The first kappa shape index (κ1) is 21.4. The summed E-state index contributed by atoms with van der Waals surface area (Å²) in [5.41, 5.74) is -1.92. The molecule has 1 saturated heterocycles. The third-order valence-corrected chi connectivity index (χ3v) is 5.28. The maximum atomic E-state index is 12.8. The summed E-state index contributed by atoms with van der Waals surface area (Å²) >= 11 is 0.535.